The summed E-state index contributed by atoms with van der Waals surface area (Å²) in [4.78, 5) is 34.0. The monoisotopic (exact) mass is 638 g/mol. The van der Waals surface area contributed by atoms with Crippen LogP contribution < -0.4 is 10.6 Å². The molecule has 2 amide bonds. The highest BCUT2D eigenvalue weighted by molar-refractivity contribution is 7.09. The Balaban J connectivity index is 1.29. The van der Waals surface area contributed by atoms with Gasteiger partial charge in [0.15, 0.2) is 0 Å². The second-order valence-electron chi connectivity index (χ2n) is 13.5. The van der Waals surface area contributed by atoms with E-state index in [-0.39, 0.29) is 23.3 Å². The number of carbonyl (C=O) groups is 2. The lowest BCUT2D eigenvalue weighted by Gasteiger charge is -2.26. The van der Waals surface area contributed by atoms with Gasteiger partial charge in [0.25, 0.3) is 11.8 Å². The van der Waals surface area contributed by atoms with Gasteiger partial charge in [-0.15, -0.1) is 11.3 Å². The van der Waals surface area contributed by atoms with Crippen molar-refractivity contribution in [3.05, 3.63) is 122 Å². The van der Waals surface area contributed by atoms with Crippen LogP contribution in [0.2, 0.25) is 0 Å². The van der Waals surface area contributed by atoms with Crippen molar-refractivity contribution < 1.29 is 14.7 Å². The molecule has 7 nitrogen and oxygen atoms in total. The number of thiazole rings is 1. The molecule has 3 atom stereocenters. The van der Waals surface area contributed by atoms with Crippen LogP contribution in [-0.4, -0.2) is 52.0 Å². The zero-order chi connectivity index (χ0) is 32.8. The minimum atomic E-state index is -0.840. The van der Waals surface area contributed by atoms with Gasteiger partial charge in [-0.1, -0.05) is 75.4 Å². The van der Waals surface area contributed by atoms with Gasteiger partial charge in [-0.05, 0) is 79.0 Å². The van der Waals surface area contributed by atoms with Crippen LogP contribution in [0.15, 0.2) is 78.2 Å². The second-order valence-corrected chi connectivity index (χ2v) is 14.4. The summed E-state index contributed by atoms with van der Waals surface area (Å²) in [5.74, 6) is -0.405. The number of aryl methyl sites for hydroxylation is 2. The Morgan fingerprint density at radius 1 is 1.00 bits per heavy atom. The molecule has 242 valence electrons. The largest absolute Gasteiger partial charge is 0.390 e. The third-order valence-electron chi connectivity index (χ3n) is 8.58. The maximum atomic E-state index is 13.8. The minimum Gasteiger partial charge on any atom is -0.390 e. The summed E-state index contributed by atoms with van der Waals surface area (Å²) in [6, 6.07) is 23.1. The zero-order valence-electron chi connectivity index (χ0n) is 27.5. The molecule has 1 saturated heterocycles. The number of aromatic nitrogens is 1. The molecule has 1 aliphatic heterocycles. The first kappa shape index (κ1) is 33.5. The maximum absolute atomic E-state index is 13.8. The van der Waals surface area contributed by atoms with Crippen LogP contribution in [0.3, 0.4) is 0 Å². The van der Waals surface area contributed by atoms with Gasteiger partial charge in [-0.3, -0.25) is 9.59 Å². The van der Waals surface area contributed by atoms with Crippen molar-refractivity contribution in [2.45, 2.75) is 84.0 Å². The first-order valence-corrected chi connectivity index (χ1v) is 17.0. The number of hydrogen-bond acceptors (Lipinski definition) is 6. The molecule has 0 spiro atoms. The molecule has 0 bridgehead atoms. The van der Waals surface area contributed by atoms with E-state index in [1.807, 2.05) is 60.5 Å². The molecule has 4 aromatic rings. The van der Waals surface area contributed by atoms with Crippen LogP contribution in [0.5, 0.6) is 0 Å². The summed E-state index contributed by atoms with van der Waals surface area (Å²) in [6.45, 7) is 12.0. The number of amides is 2. The molecule has 3 aromatic carbocycles. The van der Waals surface area contributed by atoms with Crippen LogP contribution in [0, 0.1) is 13.8 Å². The molecule has 0 radical (unpaired) electrons. The van der Waals surface area contributed by atoms with Crippen LogP contribution in [-0.2, 0) is 18.4 Å². The topological polar surface area (TPSA) is 94.6 Å². The van der Waals surface area contributed by atoms with Crippen LogP contribution in [0.4, 0.5) is 0 Å². The SMILES string of the molecule is Cc1cc(C(=O)N[C@@H](Cc2ccccc2)[C@H](O)CNCc2cccc(C(C)(C)C)c2)cc(C(=O)N2CCCC2c2nc(C)cs2)c1. The quantitative estimate of drug-likeness (QED) is 0.174. The number of nitrogens with zero attached hydrogens (tertiary/aromatic N) is 2. The summed E-state index contributed by atoms with van der Waals surface area (Å²) < 4.78 is 0. The molecule has 8 heteroatoms. The van der Waals surface area contributed by atoms with Crippen molar-refractivity contribution in [1.82, 2.24) is 20.5 Å². The van der Waals surface area contributed by atoms with Crippen LogP contribution >= 0.6 is 11.3 Å². The number of rotatable bonds is 11. The molecular formula is C38H46N4O3S. The number of benzene rings is 3. The average molecular weight is 639 g/mol. The number of hydrogen-bond donors (Lipinski definition) is 3. The predicted molar refractivity (Wildman–Crippen MR) is 185 cm³/mol. The van der Waals surface area contributed by atoms with E-state index in [1.54, 1.807) is 23.5 Å². The lowest BCUT2D eigenvalue weighted by atomic mass is 9.86. The van der Waals surface area contributed by atoms with E-state index in [4.69, 9.17) is 0 Å². The molecule has 3 N–H and O–H groups in total. The van der Waals surface area contributed by atoms with Crippen molar-refractivity contribution in [2.75, 3.05) is 13.1 Å². The molecule has 0 saturated carbocycles. The number of aliphatic hydroxyl groups is 1. The number of likely N-dealkylation sites (tertiary alicyclic amines) is 1. The predicted octanol–water partition coefficient (Wildman–Crippen LogP) is 6.53. The Bertz CT molecular complexity index is 1650. The van der Waals surface area contributed by atoms with Gasteiger partial charge in [0.05, 0.1) is 18.2 Å². The van der Waals surface area contributed by atoms with Crippen molar-refractivity contribution in [1.29, 1.82) is 0 Å². The van der Waals surface area contributed by atoms with Gasteiger partial charge in [0.1, 0.15) is 5.01 Å². The normalized spacial score (nSPS) is 16.3. The van der Waals surface area contributed by atoms with Crippen LogP contribution in [0.1, 0.15) is 93.3 Å². The van der Waals surface area contributed by atoms with Crippen molar-refractivity contribution >= 4 is 23.2 Å². The molecule has 1 aromatic heterocycles. The zero-order valence-corrected chi connectivity index (χ0v) is 28.4. The minimum absolute atomic E-state index is 0.0437. The third-order valence-corrected chi connectivity index (χ3v) is 9.64. The summed E-state index contributed by atoms with van der Waals surface area (Å²) in [6.07, 6.45) is 1.43. The van der Waals surface area contributed by atoms with E-state index < -0.39 is 12.1 Å². The summed E-state index contributed by atoms with van der Waals surface area (Å²) in [5.41, 5.74) is 6.16. The molecule has 5 rings (SSSR count). The summed E-state index contributed by atoms with van der Waals surface area (Å²) >= 11 is 1.59. The number of aliphatic hydroxyl groups excluding tert-OH is 1. The third kappa shape index (κ3) is 8.49. The Morgan fingerprint density at radius 2 is 1.74 bits per heavy atom. The van der Waals surface area contributed by atoms with E-state index in [0.29, 0.717) is 37.2 Å². The van der Waals surface area contributed by atoms with Crippen molar-refractivity contribution in [3.63, 3.8) is 0 Å². The van der Waals surface area contributed by atoms with Gasteiger partial charge < -0.3 is 20.6 Å². The highest BCUT2D eigenvalue weighted by Crippen LogP contribution is 2.35. The van der Waals surface area contributed by atoms with Crippen molar-refractivity contribution in [3.8, 4) is 0 Å². The standard InChI is InChI=1S/C38H46N4O3S/c1-25-17-29(21-30(18-25)37(45)42-16-10-15-33(42)36-40-26(2)24-46-36)35(44)41-32(20-27-11-7-6-8-12-27)34(43)23-39-22-28-13-9-14-31(19-28)38(3,4)5/h6-9,11-14,17-19,21,24,32-34,39,43H,10,15-16,20,22-23H2,1-5H3,(H,41,44)/t32-,33?,34+/m0/s1. The molecule has 1 unspecified atom stereocenters. The van der Waals surface area contributed by atoms with E-state index in [1.165, 1.54) is 5.56 Å². The fourth-order valence-corrected chi connectivity index (χ4v) is 7.00. The lowest BCUT2D eigenvalue weighted by Crippen LogP contribution is -2.48. The second kappa shape index (κ2) is 14.7. The Labute approximate surface area is 277 Å². The molecule has 1 aliphatic rings. The molecule has 0 aliphatic carbocycles. The average Bonchev–Trinajstić information content (AvgIpc) is 3.69. The fraction of sp³-hybridized carbons (Fsp3) is 0.395. The van der Waals surface area contributed by atoms with Gasteiger partial charge in [-0.2, -0.15) is 0 Å². The first-order chi connectivity index (χ1) is 22.0. The lowest BCUT2D eigenvalue weighted by molar-refractivity contribution is 0.0735. The Kier molecular flexibility index (Phi) is 10.7. The van der Waals surface area contributed by atoms with Gasteiger partial charge >= 0.3 is 0 Å². The Hall–Kier alpha value is -3.85. The highest BCUT2D eigenvalue weighted by Gasteiger charge is 2.33. The smallest absolute Gasteiger partial charge is 0.254 e. The van der Waals surface area contributed by atoms with E-state index in [0.717, 1.165) is 40.2 Å². The fourth-order valence-electron chi connectivity index (χ4n) is 6.05. The number of carbonyl (C=O) groups excluding carboxylic acids is 2. The van der Waals surface area contributed by atoms with Crippen molar-refractivity contribution in [2.24, 2.45) is 0 Å². The number of nitrogens with one attached hydrogen (secondary N) is 2. The Morgan fingerprint density at radius 3 is 2.46 bits per heavy atom. The van der Waals surface area contributed by atoms with Crippen LogP contribution in [0.25, 0.3) is 0 Å². The van der Waals surface area contributed by atoms with Gasteiger partial charge in [-0.25, -0.2) is 4.98 Å². The van der Waals surface area contributed by atoms with Gasteiger partial charge in [0, 0.05) is 41.8 Å². The van der Waals surface area contributed by atoms with E-state index in [2.05, 4.69) is 60.7 Å². The summed E-state index contributed by atoms with van der Waals surface area (Å²) in [5, 5.41) is 20.8. The van der Waals surface area contributed by atoms with Gasteiger partial charge in [0.2, 0.25) is 0 Å². The first-order valence-electron chi connectivity index (χ1n) is 16.2. The molecule has 2 heterocycles. The van der Waals surface area contributed by atoms with E-state index >= 15 is 0 Å². The summed E-state index contributed by atoms with van der Waals surface area (Å²) in [7, 11) is 0. The maximum Gasteiger partial charge on any atom is 0.254 e. The highest BCUT2D eigenvalue weighted by atomic mass is 32.1. The molecule has 1 fully saturated rings. The molecule has 46 heavy (non-hydrogen) atoms. The molecular weight excluding hydrogens is 593 g/mol. The van der Waals surface area contributed by atoms with E-state index in [9.17, 15) is 14.7 Å².